The normalized spacial score (nSPS) is 11.1. The minimum atomic E-state index is -0.204. The Labute approximate surface area is 175 Å². The minimum Gasteiger partial charge on any atom is -0.495 e. The fraction of sp³-hybridized carbons (Fsp3) is 0.200. The zero-order chi connectivity index (χ0) is 21.3. The van der Waals surface area contributed by atoms with Gasteiger partial charge in [-0.3, -0.25) is 4.79 Å². The van der Waals surface area contributed by atoms with Crippen molar-refractivity contribution in [2.75, 3.05) is 12.4 Å². The minimum absolute atomic E-state index is 0.204. The number of nitrogens with one attached hydrogen (secondary N) is 1. The van der Waals surface area contributed by atoms with E-state index in [1.807, 2.05) is 37.3 Å². The van der Waals surface area contributed by atoms with Crippen molar-refractivity contribution >= 4 is 22.7 Å². The first-order chi connectivity index (χ1) is 14.4. The first-order valence-corrected chi connectivity index (χ1v) is 9.91. The molecule has 5 nitrogen and oxygen atoms in total. The van der Waals surface area contributed by atoms with Crippen LogP contribution in [0.1, 0.15) is 41.3 Å². The van der Waals surface area contributed by atoms with E-state index in [0.29, 0.717) is 28.8 Å². The summed E-state index contributed by atoms with van der Waals surface area (Å²) in [7, 11) is 1.57. The van der Waals surface area contributed by atoms with Crippen molar-refractivity contribution in [2.24, 2.45) is 0 Å². The highest BCUT2D eigenvalue weighted by molar-refractivity contribution is 6.05. The van der Waals surface area contributed by atoms with Crippen LogP contribution in [0.5, 0.6) is 5.75 Å². The van der Waals surface area contributed by atoms with Crippen LogP contribution < -0.4 is 10.1 Å². The number of rotatable bonds is 5. The third kappa shape index (κ3) is 3.92. The Balaban J connectivity index is 1.67. The molecular formula is C25H24N2O3. The number of aromatic nitrogens is 1. The molecule has 0 saturated carbocycles. The number of ether oxygens (including phenoxy) is 1. The molecule has 5 heteroatoms. The molecule has 1 amide bonds. The molecule has 4 rings (SSSR count). The quantitative estimate of drug-likeness (QED) is 0.434. The van der Waals surface area contributed by atoms with E-state index in [1.54, 1.807) is 25.3 Å². The van der Waals surface area contributed by atoms with Gasteiger partial charge in [0, 0.05) is 11.1 Å². The Morgan fingerprint density at radius 1 is 1.03 bits per heavy atom. The Bertz CT molecular complexity index is 1210. The number of nitrogens with zero attached hydrogens (tertiary/aromatic N) is 1. The molecule has 152 valence electrons. The Kier molecular flexibility index (Phi) is 5.27. The molecule has 1 N–H and O–H groups in total. The van der Waals surface area contributed by atoms with E-state index in [-0.39, 0.29) is 5.91 Å². The summed E-state index contributed by atoms with van der Waals surface area (Å²) in [6, 6.07) is 19.0. The lowest BCUT2D eigenvalue weighted by atomic mass is 10.0. The Morgan fingerprint density at radius 3 is 2.50 bits per heavy atom. The molecule has 0 saturated heterocycles. The number of oxazole rings is 1. The summed E-state index contributed by atoms with van der Waals surface area (Å²) < 4.78 is 11.4. The van der Waals surface area contributed by atoms with Crippen molar-refractivity contribution in [2.45, 2.75) is 26.7 Å². The summed E-state index contributed by atoms with van der Waals surface area (Å²) in [5.41, 5.74) is 5.76. The van der Waals surface area contributed by atoms with Gasteiger partial charge >= 0.3 is 0 Å². The Morgan fingerprint density at radius 2 is 1.80 bits per heavy atom. The Hall–Kier alpha value is -3.60. The van der Waals surface area contributed by atoms with Crippen LogP contribution in [0.4, 0.5) is 5.69 Å². The number of anilines is 1. The summed E-state index contributed by atoms with van der Waals surface area (Å²) in [6.07, 6.45) is 0. The fourth-order valence-electron chi connectivity index (χ4n) is 3.27. The first kappa shape index (κ1) is 19.7. The van der Waals surface area contributed by atoms with Crippen LogP contribution in [0.15, 0.2) is 65.1 Å². The lowest BCUT2D eigenvalue weighted by Gasteiger charge is -2.11. The van der Waals surface area contributed by atoms with Crippen molar-refractivity contribution in [1.82, 2.24) is 4.98 Å². The summed E-state index contributed by atoms with van der Waals surface area (Å²) in [5.74, 6) is 1.28. The highest BCUT2D eigenvalue weighted by atomic mass is 16.5. The molecular weight excluding hydrogens is 376 g/mol. The van der Waals surface area contributed by atoms with E-state index < -0.39 is 0 Å². The monoisotopic (exact) mass is 400 g/mol. The van der Waals surface area contributed by atoms with E-state index in [0.717, 1.165) is 22.2 Å². The largest absolute Gasteiger partial charge is 0.495 e. The highest BCUT2D eigenvalue weighted by Gasteiger charge is 2.15. The maximum Gasteiger partial charge on any atom is 0.255 e. The van der Waals surface area contributed by atoms with Crippen molar-refractivity contribution in [3.8, 4) is 17.2 Å². The van der Waals surface area contributed by atoms with Crippen LogP contribution in [-0.4, -0.2) is 18.0 Å². The molecule has 1 heterocycles. The van der Waals surface area contributed by atoms with Crippen molar-refractivity contribution < 1.29 is 13.9 Å². The molecule has 0 fully saturated rings. The second kappa shape index (κ2) is 8.03. The number of aryl methyl sites for hydroxylation is 1. The van der Waals surface area contributed by atoms with Crippen LogP contribution in [-0.2, 0) is 0 Å². The van der Waals surface area contributed by atoms with Gasteiger partial charge in [0.25, 0.3) is 5.91 Å². The van der Waals surface area contributed by atoms with Gasteiger partial charge in [-0.15, -0.1) is 0 Å². The number of carbonyl (C=O) groups excluding carboxylic acids is 1. The molecule has 30 heavy (non-hydrogen) atoms. The number of benzene rings is 3. The standard InChI is InChI=1S/C25H24N2O3/c1-15(2)18-9-12-23-21(13-18)27-25(30-23)19-10-11-22(29-4)20(14-19)26-24(28)17-7-5-16(3)6-8-17/h5-15H,1-4H3,(H,26,28). The van der Waals surface area contributed by atoms with Gasteiger partial charge in [0.15, 0.2) is 5.58 Å². The van der Waals surface area contributed by atoms with Gasteiger partial charge in [-0.05, 0) is 60.9 Å². The number of carbonyl (C=O) groups is 1. The molecule has 0 aliphatic heterocycles. The lowest BCUT2D eigenvalue weighted by Crippen LogP contribution is -2.12. The van der Waals surface area contributed by atoms with E-state index in [1.165, 1.54) is 5.56 Å². The average molecular weight is 400 g/mol. The number of methoxy groups -OCH3 is 1. The van der Waals surface area contributed by atoms with Gasteiger partial charge < -0.3 is 14.5 Å². The maximum absolute atomic E-state index is 12.7. The molecule has 0 atom stereocenters. The lowest BCUT2D eigenvalue weighted by molar-refractivity contribution is 0.102. The number of fused-ring (bicyclic) bond motifs is 1. The molecule has 0 spiro atoms. The van der Waals surface area contributed by atoms with E-state index >= 15 is 0 Å². The van der Waals surface area contributed by atoms with Crippen LogP contribution >= 0.6 is 0 Å². The highest BCUT2D eigenvalue weighted by Crippen LogP contribution is 2.33. The summed E-state index contributed by atoms with van der Waals surface area (Å²) in [6.45, 7) is 6.28. The van der Waals surface area contributed by atoms with Crippen molar-refractivity contribution in [3.05, 3.63) is 77.4 Å². The van der Waals surface area contributed by atoms with Gasteiger partial charge in [-0.1, -0.05) is 37.6 Å². The number of hydrogen-bond acceptors (Lipinski definition) is 4. The van der Waals surface area contributed by atoms with Crippen molar-refractivity contribution in [1.29, 1.82) is 0 Å². The molecule has 0 radical (unpaired) electrons. The average Bonchev–Trinajstić information content (AvgIpc) is 3.17. The molecule has 0 unspecified atom stereocenters. The third-order valence-electron chi connectivity index (χ3n) is 5.09. The van der Waals surface area contributed by atoms with E-state index in [9.17, 15) is 4.79 Å². The van der Waals surface area contributed by atoms with Gasteiger partial charge in [0.05, 0.1) is 12.8 Å². The summed E-state index contributed by atoms with van der Waals surface area (Å²) in [4.78, 5) is 17.3. The number of hydrogen-bond donors (Lipinski definition) is 1. The predicted octanol–water partition coefficient (Wildman–Crippen LogP) is 6.19. The zero-order valence-electron chi connectivity index (χ0n) is 17.5. The molecule has 0 bridgehead atoms. The van der Waals surface area contributed by atoms with E-state index in [2.05, 4.69) is 36.3 Å². The van der Waals surface area contributed by atoms with Crippen LogP contribution in [0, 0.1) is 6.92 Å². The SMILES string of the molecule is COc1ccc(-c2nc3cc(C(C)C)ccc3o2)cc1NC(=O)c1ccc(C)cc1. The molecule has 0 aliphatic rings. The summed E-state index contributed by atoms with van der Waals surface area (Å²) >= 11 is 0. The number of amides is 1. The van der Waals surface area contributed by atoms with Gasteiger partial charge in [0.1, 0.15) is 11.3 Å². The maximum atomic E-state index is 12.7. The second-order valence-electron chi connectivity index (χ2n) is 7.64. The van der Waals surface area contributed by atoms with Crippen LogP contribution in [0.25, 0.3) is 22.6 Å². The van der Waals surface area contributed by atoms with Crippen molar-refractivity contribution in [3.63, 3.8) is 0 Å². The van der Waals surface area contributed by atoms with Gasteiger partial charge in [-0.2, -0.15) is 0 Å². The zero-order valence-corrected chi connectivity index (χ0v) is 17.5. The topological polar surface area (TPSA) is 64.4 Å². The predicted molar refractivity (Wildman–Crippen MR) is 119 cm³/mol. The molecule has 1 aromatic heterocycles. The summed E-state index contributed by atoms with van der Waals surface area (Å²) in [5, 5.41) is 2.93. The molecule has 3 aromatic carbocycles. The second-order valence-corrected chi connectivity index (χ2v) is 7.64. The smallest absolute Gasteiger partial charge is 0.255 e. The van der Waals surface area contributed by atoms with E-state index in [4.69, 9.17) is 9.15 Å². The third-order valence-corrected chi connectivity index (χ3v) is 5.09. The van der Waals surface area contributed by atoms with Gasteiger partial charge in [0.2, 0.25) is 5.89 Å². The molecule has 4 aromatic rings. The fourth-order valence-corrected chi connectivity index (χ4v) is 3.27. The van der Waals surface area contributed by atoms with Crippen LogP contribution in [0.3, 0.4) is 0 Å². The first-order valence-electron chi connectivity index (χ1n) is 9.91. The van der Waals surface area contributed by atoms with Crippen LogP contribution in [0.2, 0.25) is 0 Å². The molecule has 0 aliphatic carbocycles. The van der Waals surface area contributed by atoms with Gasteiger partial charge in [-0.25, -0.2) is 4.98 Å².